The Labute approximate surface area is 523 Å². The zero-order chi connectivity index (χ0) is 63.8. The van der Waals surface area contributed by atoms with Crippen LogP contribution in [-0.4, -0.2) is 83.6 Å². The lowest BCUT2D eigenvalue weighted by atomic mass is 10.1. The maximum absolute atomic E-state index is 12.8. The first-order valence-corrected chi connectivity index (χ1v) is 29.5. The number of nitrogens with one attached hydrogen (secondary N) is 4. The van der Waals surface area contributed by atoms with Gasteiger partial charge in [0.25, 0.3) is 0 Å². The molecule has 0 spiro atoms. The van der Waals surface area contributed by atoms with E-state index < -0.39 is 11.7 Å². The summed E-state index contributed by atoms with van der Waals surface area (Å²) in [6.45, 7) is 4.19. The minimum Gasteiger partial charge on any atom is -0.497 e. The molecule has 8 aromatic carbocycles. The Morgan fingerprint density at radius 1 is 0.363 bits per heavy atom. The van der Waals surface area contributed by atoms with Crippen molar-refractivity contribution < 1.29 is 79.4 Å². The fourth-order valence-corrected chi connectivity index (χ4v) is 9.36. The van der Waals surface area contributed by atoms with Gasteiger partial charge in [-0.2, -0.15) is 13.2 Å². The molecule has 8 aromatic rings. The van der Waals surface area contributed by atoms with Crippen molar-refractivity contribution in [2.24, 2.45) is 0 Å². The van der Waals surface area contributed by atoms with Gasteiger partial charge < -0.3 is 63.9 Å². The molecule has 12 rings (SSSR count). The van der Waals surface area contributed by atoms with Crippen molar-refractivity contribution in [1.82, 2.24) is 0 Å². The molecule has 4 heterocycles. The molecule has 0 atom stereocenters. The number of halogens is 4. The summed E-state index contributed by atoms with van der Waals surface area (Å²) in [6, 6.07) is 50.0. The molecule has 0 aromatic heterocycles. The summed E-state index contributed by atoms with van der Waals surface area (Å²) in [7, 11) is 1.63. The molecule has 0 saturated carbocycles. The van der Waals surface area contributed by atoms with E-state index in [-0.39, 0.29) is 35.9 Å². The molecule has 0 unspecified atom stereocenters. The number of methoxy groups -OCH3 is 1. The van der Waals surface area contributed by atoms with Crippen LogP contribution in [0, 0.1) is 5.82 Å². The Hall–Kier alpha value is -10.4. The highest BCUT2D eigenvalue weighted by molar-refractivity contribution is 5.93. The van der Waals surface area contributed by atoms with E-state index >= 15 is 0 Å². The molecule has 0 bridgehead atoms. The smallest absolute Gasteiger partial charge is 0.416 e. The number of aryl methyl sites for hydroxylation is 4. The van der Waals surface area contributed by atoms with Gasteiger partial charge in [0.1, 0.15) is 64.4 Å². The van der Waals surface area contributed by atoms with Gasteiger partial charge in [-0.1, -0.05) is 66.7 Å². The highest BCUT2D eigenvalue weighted by Crippen LogP contribution is 2.36. The van der Waals surface area contributed by atoms with E-state index in [1.165, 1.54) is 24.3 Å². The molecule has 0 radical (unpaired) electrons. The van der Waals surface area contributed by atoms with E-state index in [2.05, 4.69) is 21.3 Å². The highest BCUT2D eigenvalue weighted by Gasteiger charge is 2.30. The summed E-state index contributed by atoms with van der Waals surface area (Å²) in [5.41, 5.74) is 5.88. The number of benzene rings is 8. The van der Waals surface area contributed by atoms with Gasteiger partial charge in [-0.25, -0.2) is 4.39 Å². The second-order valence-electron chi connectivity index (χ2n) is 20.8. The fourth-order valence-electron chi connectivity index (χ4n) is 9.36. The summed E-state index contributed by atoms with van der Waals surface area (Å²) >= 11 is 0. The third-order valence-corrected chi connectivity index (χ3v) is 14.1. The topological polar surface area (TPSA) is 199 Å². The quantitative estimate of drug-likeness (QED) is 0.0629. The molecule has 0 fully saturated rings. The third kappa shape index (κ3) is 20.8. The first kappa shape index (κ1) is 65.0. The lowest BCUT2D eigenvalue weighted by molar-refractivity contribution is -0.137. The maximum Gasteiger partial charge on any atom is 0.416 e. The van der Waals surface area contributed by atoms with E-state index in [0.717, 1.165) is 52.4 Å². The van der Waals surface area contributed by atoms with Crippen molar-refractivity contribution >= 4 is 46.4 Å². The average Bonchev–Trinajstić information content (AvgIpc) is 3.71. The number of amides is 4. The third-order valence-electron chi connectivity index (χ3n) is 14.1. The van der Waals surface area contributed by atoms with Crippen LogP contribution in [0.2, 0.25) is 0 Å². The number of fused-ring (bicyclic) bond motifs is 4. The Morgan fingerprint density at radius 2 is 0.637 bits per heavy atom. The van der Waals surface area contributed by atoms with Gasteiger partial charge in [0.2, 0.25) is 23.6 Å². The summed E-state index contributed by atoms with van der Waals surface area (Å²) < 4.78 is 99.1. The number of ether oxygens (including phenoxy) is 9. The molecule has 17 nitrogen and oxygen atoms in total. The van der Waals surface area contributed by atoms with Gasteiger partial charge in [-0.05, 0) is 133 Å². The van der Waals surface area contributed by atoms with Crippen molar-refractivity contribution in [3.8, 4) is 51.7 Å². The second-order valence-corrected chi connectivity index (χ2v) is 20.8. The van der Waals surface area contributed by atoms with E-state index in [1.807, 2.05) is 78.9 Å². The van der Waals surface area contributed by atoms with Crippen LogP contribution in [-0.2, 0) is 51.0 Å². The highest BCUT2D eigenvalue weighted by atomic mass is 19.4. The summed E-state index contributed by atoms with van der Waals surface area (Å²) in [4.78, 5) is 48.0. The van der Waals surface area contributed by atoms with Gasteiger partial charge >= 0.3 is 6.18 Å². The molecule has 0 aliphatic carbocycles. The lowest BCUT2D eigenvalue weighted by Crippen LogP contribution is -2.16. The van der Waals surface area contributed by atoms with Crippen LogP contribution in [0.1, 0.15) is 53.5 Å². The van der Waals surface area contributed by atoms with E-state index in [0.29, 0.717) is 154 Å². The first-order chi connectivity index (χ1) is 44.2. The van der Waals surface area contributed by atoms with Crippen LogP contribution < -0.4 is 63.9 Å². The Balaban J connectivity index is 0.000000144. The molecule has 4 N–H and O–H groups in total. The van der Waals surface area contributed by atoms with Crippen LogP contribution in [0.5, 0.6) is 51.7 Å². The van der Waals surface area contributed by atoms with Crippen molar-refractivity contribution in [3.05, 3.63) is 210 Å². The van der Waals surface area contributed by atoms with Crippen molar-refractivity contribution in [2.75, 3.05) is 81.2 Å². The number of rotatable bonds is 17. The summed E-state index contributed by atoms with van der Waals surface area (Å²) in [5.74, 6) is 5.52. The number of carbonyl (C=O) groups excluding carboxylic acids is 4. The maximum atomic E-state index is 12.8. The minimum atomic E-state index is -4.35. The number of anilines is 4. The van der Waals surface area contributed by atoms with E-state index in [9.17, 15) is 36.7 Å². The molecule has 4 amide bonds. The number of alkyl halides is 3. The molecular weight excluding hydrogens is 1180 g/mol. The number of hydrogen-bond donors (Lipinski definition) is 4. The monoisotopic (exact) mass is 1250 g/mol. The zero-order valence-corrected chi connectivity index (χ0v) is 49.9. The summed E-state index contributed by atoms with van der Waals surface area (Å²) in [6.07, 6.45) is -0.643. The first-order valence-electron chi connectivity index (χ1n) is 29.5. The molecule has 21 heteroatoms. The van der Waals surface area contributed by atoms with Gasteiger partial charge in [0.05, 0.1) is 12.7 Å². The van der Waals surface area contributed by atoms with Crippen molar-refractivity contribution in [1.29, 1.82) is 0 Å². The molecule has 4 aliphatic rings. The van der Waals surface area contributed by atoms with Crippen LogP contribution in [0.25, 0.3) is 0 Å². The van der Waals surface area contributed by atoms with Crippen LogP contribution >= 0.6 is 0 Å². The average molecular weight is 1250 g/mol. The molecule has 0 saturated heterocycles. The van der Waals surface area contributed by atoms with Crippen molar-refractivity contribution in [3.63, 3.8) is 0 Å². The molecular formula is C70H68F4N4O13. The number of carbonyl (C=O) groups is 4. The molecule has 4 aliphatic heterocycles. The van der Waals surface area contributed by atoms with Gasteiger partial charge in [0, 0.05) is 72.7 Å². The molecule has 474 valence electrons. The Bertz CT molecular complexity index is 3710. The van der Waals surface area contributed by atoms with E-state index in [1.54, 1.807) is 67.8 Å². The predicted molar refractivity (Wildman–Crippen MR) is 335 cm³/mol. The Kier molecular flexibility index (Phi) is 23.4. The van der Waals surface area contributed by atoms with Gasteiger partial charge in [-0.3, -0.25) is 19.2 Å². The summed E-state index contributed by atoms with van der Waals surface area (Å²) in [5, 5.41) is 11.3. The Morgan fingerprint density at radius 3 is 0.934 bits per heavy atom. The lowest BCUT2D eigenvalue weighted by Gasteiger charge is -2.19. The van der Waals surface area contributed by atoms with Crippen molar-refractivity contribution in [2.45, 2.75) is 57.5 Å². The normalized spacial score (nSPS) is 12.9. The van der Waals surface area contributed by atoms with E-state index in [4.69, 9.17) is 42.6 Å². The van der Waals surface area contributed by atoms with Gasteiger partial charge in [-0.15, -0.1) is 0 Å². The minimum absolute atomic E-state index is 0.00414. The van der Waals surface area contributed by atoms with Crippen LogP contribution in [0.15, 0.2) is 176 Å². The van der Waals surface area contributed by atoms with Gasteiger partial charge in [0.15, 0.2) is 46.0 Å². The zero-order valence-electron chi connectivity index (χ0n) is 49.9. The standard InChI is InChI=1S/C18H16F3NO3.C18H19NO4.C17H16FNO3.C17H17NO3/c19-18(20,21)13-4-1-12(2-5-13)3-8-17(23)22-14-6-7-15-16(11-14)25-10-9-24-15;1-21-15-6-2-13(3-7-15)4-9-18(20)19-14-5-8-16-17(12-14)23-11-10-22-16;18-13-4-1-12(2-5-13)3-8-17(20)19-14-6-7-15-16(11-14)22-10-9-21-15;19-17(9-6-13-4-2-1-3-5-13)18-14-7-8-15-16(12-14)21-11-10-20-15/h1-2,4-7,11H,3,8-10H2,(H,22,23);2-3,5-8,12H,4,9-11H2,1H3,(H,19,20);1-2,4-7,11H,3,8-10H2,(H,19,20);1-5,7-8,12H,6,9-11H2,(H,18,19). The van der Waals surface area contributed by atoms with Crippen LogP contribution in [0.4, 0.5) is 40.3 Å². The van der Waals surface area contributed by atoms with Crippen LogP contribution in [0.3, 0.4) is 0 Å². The predicted octanol–water partition coefficient (Wildman–Crippen LogP) is 13.3. The largest absolute Gasteiger partial charge is 0.497 e. The molecule has 91 heavy (non-hydrogen) atoms. The fraction of sp³-hybridized carbons (Fsp3) is 0.257. The second kappa shape index (κ2) is 32.7. The number of hydrogen-bond acceptors (Lipinski definition) is 13. The SMILES string of the molecule is COc1ccc(CCC(=O)Nc2ccc3c(c2)OCCO3)cc1.O=C(CCc1ccc(C(F)(F)F)cc1)Nc1ccc2c(c1)OCCO2.O=C(CCc1ccc(F)cc1)Nc1ccc2c(c1)OCCO2.O=C(CCc1ccccc1)Nc1ccc2c(c1)OCCO2.